The standard InChI is InChI=1S/C29H30N2O2/c1-29(2)17-23-26-22-6-4-3-5-19(22)9-12-24(26)30-28(27(23)25(32)18-29)20-7-10-21(11-8-20)31-13-15-33-16-14-31/h3-12,28,30H,13-18H2,1-2H3/t28-/m1/s1. The molecule has 6 rings (SSSR count). The van der Waals surface area contributed by atoms with Crippen molar-refractivity contribution in [3.63, 3.8) is 0 Å². The van der Waals surface area contributed by atoms with Crippen molar-refractivity contribution in [3.05, 3.63) is 77.4 Å². The van der Waals surface area contributed by atoms with E-state index in [0.717, 1.165) is 49.5 Å². The number of fused-ring (bicyclic) bond motifs is 4. The molecule has 168 valence electrons. The van der Waals surface area contributed by atoms with Crippen molar-refractivity contribution < 1.29 is 9.53 Å². The van der Waals surface area contributed by atoms with Gasteiger partial charge in [0.05, 0.1) is 19.3 Å². The number of allylic oxidation sites excluding steroid dienone is 1. The Morgan fingerprint density at radius 3 is 2.48 bits per heavy atom. The summed E-state index contributed by atoms with van der Waals surface area (Å²) in [6, 6.07) is 21.5. The SMILES string of the molecule is CC1(C)CC(=O)C2=C(C1)c1c(ccc3ccccc13)N[C@@H]2c1ccc(N2CCOCC2)cc1. The lowest BCUT2D eigenvalue weighted by atomic mass is 9.68. The highest BCUT2D eigenvalue weighted by Gasteiger charge is 2.40. The molecule has 0 spiro atoms. The van der Waals surface area contributed by atoms with Crippen LogP contribution in [0.25, 0.3) is 16.3 Å². The zero-order valence-electron chi connectivity index (χ0n) is 19.4. The number of hydrogen-bond acceptors (Lipinski definition) is 4. The molecular formula is C29H30N2O2. The second kappa shape index (κ2) is 7.74. The molecule has 1 saturated heterocycles. The second-order valence-corrected chi connectivity index (χ2v) is 10.3. The Hall–Kier alpha value is -3.11. The highest BCUT2D eigenvalue weighted by Crippen LogP contribution is 2.52. The van der Waals surface area contributed by atoms with Crippen LogP contribution in [-0.4, -0.2) is 32.1 Å². The summed E-state index contributed by atoms with van der Waals surface area (Å²) in [5.74, 6) is 0.273. The number of Topliss-reactive ketones (excluding diaryl/α,β-unsaturated/α-hetero) is 1. The summed E-state index contributed by atoms with van der Waals surface area (Å²) in [7, 11) is 0. The number of nitrogens with one attached hydrogen (secondary N) is 1. The Morgan fingerprint density at radius 1 is 0.939 bits per heavy atom. The van der Waals surface area contributed by atoms with Crippen molar-refractivity contribution in [1.29, 1.82) is 0 Å². The van der Waals surface area contributed by atoms with Gasteiger partial charge in [-0.05, 0) is 51.9 Å². The molecule has 3 aromatic rings. The van der Waals surface area contributed by atoms with Gasteiger partial charge in [0.15, 0.2) is 5.78 Å². The molecule has 3 aromatic carbocycles. The van der Waals surface area contributed by atoms with Gasteiger partial charge in [-0.3, -0.25) is 4.79 Å². The zero-order chi connectivity index (χ0) is 22.6. The first-order valence-electron chi connectivity index (χ1n) is 12.0. The topological polar surface area (TPSA) is 41.6 Å². The molecule has 0 aromatic heterocycles. The third-order valence-electron chi connectivity index (χ3n) is 7.34. The fourth-order valence-corrected chi connectivity index (χ4v) is 5.79. The molecule has 1 N–H and O–H groups in total. The summed E-state index contributed by atoms with van der Waals surface area (Å²) >= 11 is 0. The highest BCUT2D eigenvalue weighted by atomic mass is 16.5. The van der Waals surface area contributed by atoms with Gasteiger partial charge in [0, 0.05) is 42.0 Å². The molecule has 4 nitrogen and oxygen atoms in total. The summed E-state index contributed by atoms with van der Waals surface area (Å²) in [5, 5.41) is 6.19. The van der Waals surface area contributed by atoms with Crippen LogP contribution in [0.4, 0.5) is 11.4 Å². The molecule has 3 aliphatic rings. The maximum Gasteiger partial charge on any atom is 0.162 e. The van der Waals surface area contributed by atoms with E-state index in [2.05, 4.69) is 84.7 Å². The number of nitrogens with zero attached hydrogens (tertiary/aromatic N) is 1. The average molecular weight is 439 g/mol. The number of ether oxygens (including phenoxy) is 1. The van der Waals surface area contributed by atoms with E-state index in [1.54, 1.807) is 0 Å². The minimum absolute atomic E-state index is 0.0355. The lowest BCUT2D eigenvalue weighted by molar-refractivity contribution is -0.118. The van der Waals surface area contributed by atoms with Gasteiger partial charge in [-0.25, -0.2) is 0 Å². The predicted molar refractivity (Wildman–Crippen MR) is 135 cm³/mol. The molecule has 0 saturated carbocycles. The van der Waals surface area contributed by atoms with Crippen molar-refractivity contribution in [3.8, 4) is 0 Å². The molecule has 0 radical (unpaired) electrons. The molecular weight excluding hydrogens is 408 g/mol. The quantitative estimate of drug-likeness (QED) is 0.534. The first-order chi connectivity index (χ1) is 16.0. The van der Waals surface area contributed by atoms with E-state index in [9.17, 15) is 4.79 Å². The van der Waals surface area contributed by atoms with E-state index in [1.807, 2.05) is 0 Å². The average Bonchev–Trinajstić information content (AvgIpc) is 2.83. The van der Waals surface area contributed by atoms with Crippen molar-refractivity contribution in [1.82, 2.24) is 0 Å². The maximum absolute atomic E-state index is 13.6. The van der Waals surface area contributed by atoms with Gasteiger partial charge in [-0.15, -0.1) is 0 Å². The first-order valence-corrected chi connectivity index (χ1v) is 12.0. The molecule has 1 fully saturated rings. The minimum atomic E-state index is -0.115. The van der Waals surface area contributed by atoms with Crippen LogP contribution in [0.1, 0.15) is 43.9 Å². The first kappa shape index (κ1) is 20.5. The Bertz CT molecular complexity index is 1270. The summed E-state index contributed by atoms with van der Waals surface area (Å²) in [5.41, 5.74) is 6.85. The van der Waals surface area contributed by atoms with Crippen LogP contribution in [0, 0.1) is 5.41 Å². The highest BCUT2D eigenvalue weighted by molar-refractivity contribution is 6.12. The van der Waals surface area contributed by atoms with Crippen LogP contribution in [0.15, 0.2) is 66.2 Å². The second-order valence-electron chi connectivity index (χ2n) is 10.3. The number of carbonyl (C=O) groups excluding carboxylic acids is 1. The number of rotatable bonds is 2. The van der Waals surface area contributed by atoms with Gasteiger partial charge in [0.1, 0.15) is 0 Å². The molecule has 0 unspecified atom stereocenters. The fraction of sp³-hybridized carbons (Fsp3) is 0.345. The largest absolute Gasteiger partial charge is 0.378 e. The lowest BCUT2D eigenvalue weighted by Crippen LogP contribution is -2.36. The van der Waals surface area contributed by atoms with Crippen LogP contribution < -0.4 is 10.2 Å². The summed E-state index contributed by atoms with van der Waals surface area (Å²) in [6.45, 7) is 7.82. The van der Waals surface area contributed by atoms with Crippen molar-refractivity contribution >= 4 is 33.5 Å². The van der Waals surface area contributed by atoms with Gasteiger partial charge in [0.2, 0.25) is 0 Å². The molecule has 2 aliphatic heterocycles. The number of ketones is 1. The number of anilines is 2. The van der Waals surface area contributed by atoms with Gasteiger partial charge in [-0.1, -0.05) is 56.3 Å². The molecule has 0 amide bonds. The lowest BCUT2D eigenvalue weighted by Gasteiger charge is -2.40. The van der Waals surface area contributed by atoms with Crippen LogP contribution in [-0.2, 0) is 9.53 Å². The van der Waals surface area contributed by atoms with Crippen molar-refractivity contribution in [2.45, 2.75) is 32.7 Å². The smallest absolute Gasteiger partial charge is 0.162 e. The molecule has 0 bridgehead atoms. The van der Waals surface area contributed by atoms with Crippen LogP contribution in [0.2, 0.25) is 0 Å². The number of carbonyl (C=O) groups is 1. The van der Waals surface area contributed by atoms with E-state index in [-0.39, 0.29) is 17.2 Å². The van der Waals surface area contributed by atoms with Crippen LogP contribution in [0.5, 0.6) is 0 Å². The monoisotopic (exact) mass is 438 g/mol. The summed E-state index contributed by atoms with van der Waals surface area (Å²) < 4.78 is 5.50. The van der Waals surface area contributed by atoms with E-state index >= 15 is 0 Å². The number of morpholine rings is 1. The van der Waals surface area contributed by atoms with E-state index < -0.39 is 0 Å². The molecule has 2 heterocycles. The molecule has 1 aliphatic carbocycles. The molecule has 4 heteroatoms. The van der Waals surface area contributed by atoms with Gasteiger partial charge >= 0.3 is 0 Å². The Morgan fingerprint density at radius 2 is 1.70 bits per heavy atom. The number of benzene rings is 3. The van der Waals surface area contributed by atoms with E-state index in [0.29, 0.717) is 6.42 Å². The van der Waals surface area contributed by atoms with E-state index in [4.69, 9.17) is 4.74 Å². The third kappa shape index (κ3) is 3.53. The fourth-order valence-electron chi connectivity index (χ4n) is 5.79. The normalized spacial score (nSPS) is 22.1. The molecule has 33 heavy (non-hydrogen) atoms. The maximum atomic E-state index is 13.6. The minimum Gasteiger partial charge on any atom is -0.378 e. The number of hydrogen-bond donors (Lipinski definition) is 1. The van der Waals surface area contributed by atoms with Crippen molar-refractivity contribution in [2.24, 2.45) is 5.41 Å². The Balaban J connectivity index is 1.47. The summed E-state index contributed by atoms with van der Waals surface area (Å²) in [4.78, 5) is 15.9. The third-order valence-corrected chi connectivity index (χ3v) is 7.34. The van der Waals surface area contributed by atoms with Gasteiger partial charge in [-0.2, -0.15) is 0 Å². The summed E-state index contributed by atoms with van der Waals surface area (Å²) in [6.07, 6.45) is 1.51. The molecule has 1 atom stereocenters. The van der Waals surface area contributed by atoms with Gasteiger partial charge < -0.3 is 15.0 Å². The van der Waals surface area contributed by atoms with E-state index in [1.165, 1.54) is 27.6 Å². The van der Waals surface area contributed by atoms with Gasteiger partial charge in [0.25, 0.3) is 0 Å². The Labute approximate surface area is 195 Å². The zero-order valence-corrected chi connectivity index (χ0v) is 19.4. The van der Waals surface area contributed by atoms with Crippen LogP contribution in [0.3, 0.4) is 0 Å². The predicted octanol–water partition coefficient (Wildman–Crippen LogP) is 5.99. The van der Waals surface area contributed by atoms with Crippen LogP contribution >= 0.6 is 0 Å². The van der Waals surface area contributed by atoms with Crippen molar-refractivity contribution in [2.75, 3.05) is 36.5 Å². The Kier molecular flexibility index (Phi) is 4.81.